The van der Waals surface area contributed by atoms with Crippen molar-refractivity contribution in [1.29, 1.82) is 0 Å². The highest BCUT2D eigenvalue weighted by Gasteiger charge is 2.23. The van der Waals surface area contributed by atoms with Gasteiger partial charge in [0.25, 0.3) is 0 Å². The highest BCUT2D eigenvalue weighted by molar-refractivity contribution is 6.35. The number of nitrogens with one attached hydrogen (secondary N) is 1. The third-order valence-electron chi connectivity index (χ3n) is 3.16. The molecule has 5 heteroatoms. The molecular weight excluding hydrogens is 315 g/mol. The maximum absolute atomic E-state index is 14.1. The third kappa shape index (κ3) is 3.73. The van der Waals surface area contributed by atoms with Crippen molar-refractivity contribution in [3.8, 4) is 0 Å². The minimum atomic E-state index is -0.657. The summed E-state index contributed by atoms with van der Waals surface area (Å²) in [6, 6.07) is 8.07. The lowest BCUT2D eigenvalue weighted by atomic mass is 9.97. The van der Waals surface area contributed by atoms with Crippen LogP contribution in [0.2, 0.25) is 10.0 Å². The van der Waals surface area contributed by atoms with Gasteiger partial charge in [0.2, 0.25) is 0 Å². The first kappa shape index (κ1) is 16.2. The summed E-state index contributed by atoms with van der Waals surface area (Å²) in [6.07, 6.45) is 0.831. The van der Waals surface area contributed by atoms with Crippen LogP contribution in [0.1, 0.15) is 30.5 Å². The Morgan fingerprint density at radius 1 is 1.10 bits per heavy atom. The summed E-state index contributed by atoms with van der Waals surface area (Å²) in [7, 11) is 0. The lowest BCUT2D eigenvalue weighted by molar-refractivity contribution is 0.503. The molecule has 1 unspecified atom stereocenters. The summed E-state index contributed by atoms with van der Waals surface area (Å²) in [5.74, 6) is -1.20. The van der Waals surface area contributed by atoms with E-state index in [4.69, 9.17) is 23.2 Å². The Bertz CT molecular complexity index is 611. The molecule has 0 saturated carbocycles. The van der Waals surface area contributed by atoms with Gasteiger partial charge in [-0.25, -0.2) is 8.78 Å². The first-order valence-corrected chi connectivity index (χ1v) is 7.42. The SMILES string of the molecule is CCCNC(c1ccc(Cl)cc1Cl)c1c(F)cccc1F. The molecule has 0 amide bonds. The number of halogens is 4. The van der Waals surface area contributed by atoms with Crippen molar-refractivity contribution in [2.24, 2.45) is 0 Å². The predicted octanol–water partition coefficient (Wildman–Crippen LogP) is 5.36. The van der Waals surface area contributed by atoms with Gasteiger partial charge in [0, 0.05) is 15.6 Å². The van der Waals surface area contributed by atoms with Gasteiger partial charge in [-0.05, 0) is 42.8 Å². The molecule has 0 spiro atoms. The molecule has 0 heterocycles. The number of hydrogen-bond donors (Lipinski definition) is 1. The van der Waals surface area contributed by atoms with E-state index < -0.39 is 17.7 Å². The number of rotatable bonds is 5. The van der Waals surface area contributed by atoms with Gasteiger partial charge in [-0.15, -0.1) is 0 Å². The van der Waals surface area contributed by atoms with Crippen LogP contribution in [0.25, 0.3) is 0 Å². The molecule has 112 valence electrons. The molecule has 0 aliphatic heterocycles. The van der Waals surface area contributed by atoms with E-state index >= 15 is 0 Å². The van der Waals surface area contributed by atoms with Crippen LogP contribution in [0.3, 0.4) is 0 Å². The van der Waals surface area contributed by atoms with Crippen LogP contribution in [0.15, 0.2) is 36.4 Å². The van der Waals surface area contributed by atoms with Crippen LogP contribution >= 0.6 is 23.2 Å². The first-order chi connectivity index (χ1) is 10.0. The third-order valence-corrected chi connectivity index (χ3v) is 3.72. The van der Waals surface area contributed by atoms with Crippen LogP contribution in [0.4, 0.5) is 8.78 Å². The smallest absolute Gasteiger partial charge is 0.131 e. The largest absolute Gasteiger partial charge is 0.306 e. The minimum Gasteiger partial charge on any atom is -0.306 e. The van der Waals surface area contributed by atoms with Crippen molar-refractivity contribution in [2.45, 2.75) is 19.4 Å². The zero-order valence-electron chi connectivity index (χ0n) is 11.5. The molecule has 0 bridgehead atoms. The van der Waals surface area contributed by atoms with Crippen molar-refractivity contribution >= 4 is 23.2 Å². The van der Waals surface area contributed by atoms with Gasteiger partial charge in [-0.2, -0.15) is 0 Å². The summed E-state index contributed by atoms with van der Waals surface area (Å²) in [5, 5.41) is 3.99. The fraction of sp³-hybridized carbons (Fsp3) is 0.250. The second-order valence-electron chi connectivity index (χ2n) is 4.69. The van der Waals surface area contributed by atoms with Crippen molar-refractivity contribution in [3.63, 3.8) is 0 Å². The summed E-state index contributed by atoms with van der Waals surface area (Å²) in [6.45, 7) is 2.59. The van der Waals surface area contributed by atoms with Crippen molar-refractivity contribution < 1.29 is 8.78 Å². The van der Waals surface area contributed by atoms with E-state index in [1.54, 1.807) is 18.2 Å². The average molecular weight is 330 g/mol. The highest BCUT2D eigenvalue weighted by atomic mass is 35.5. The second-order valence-corrected chi connectivity index (χ2v) is 5.53. The lowest BCUT2D eigenvalue weighted by Crippen LogP contribution is -2.25. The van der Waals surface area contributed by atoms with Gasteiger partial charge >= 0.3 is 0 Å². The topological polar surface area (TPSA) is 12.0 Å². The Balaban J connectivity index is 2.52. The summed E-state index contributed by atoms with van der Waals surface area (Å²) in [5.41, 5.74) is 0.564. The van der Waals surface area contributed by atoms with Gasteiger partial charge in [0.1, 0.15) is 11.6 Å². The van der Waals surface area contributed by atoms with E-state index in [0.717, 1.165) is 6.42 Å². The van der Waals surface area contributed by atoms with Crippen LogP contribution in [0.5, 0.6) is 0 Å². The molecule has 0 radical (unpaired) electrons. The van der Waals surface area contributed by atoms with Crippen LogP contribution in [0, 0.1) is 11.6 Å². The van der Waals surface area contributed by atoms with Gasteiger partial charge in [0.15, 0.2) is 0 Å². The number of hydrogen-bond acceptors (Lipinski definition) is 1. The second kappa shape index (κ2) is 7.21. The fourth-order valence-electron chi connectivity index (χ4n) is 2.18. The average Bonchev–Trinajstić information content (AvgIpc) is 2.43. The predicted molar refractivity (Wildman–Crippen MR) is 83.0 cm³/mol. The molecule has 2 aromatic carbocycles. The molecular formula is C16H15Cl2F2N. The van der Waals surface area contributed by atoms with E-state index in [2.05, 4.69) is 5.32 Å². The van der Waals surface area contributed by atoms with Crippen molar-refractivity contribution in [3.05, 3.63) is 69.2 Å². The quantitative estimate of drug-likeness (QED) is 0.778. The molecule has 2 aromatic rings. The molecule has 0 aliphatic rings. The molecule has 21 heavy (non-hydrogen) atoms. The Morgan fingerprint density at radius 3 is 2.33 bits per heavy atom. The summed E-state index contributed by atoms with van der Waals surface area (Å²) >= 11 is 12.1. The standard InChI is InChI=1S/C16H15Cl2F2N/c1-2-8-21-16(11-7-6-10(17)9-12(11)18)15-13(19)4-3-5-14(15)20/h3-7,9,16,21H,2,8H2,1H3. The van der Waals surface area contributed by atoms with E-state index in [-0.39, 0.29) is 5.56 Å². The van der Waals surface area contributed by atoms with Crippen LogP contribution in [-0.4, -0.2) is 6.54 Å². The monoisotopic (exact) mass is 329 g/mol. The Kier molecular flexibility index (Phi) is 5.57. The zero-order chi connectivity index (χ0) is 15.4. The van der Waals surface area contributed by atoms with Gasteiger partial charge < -0.3 is 5.32 Å². The molecule has 1 N–H and O–H groups in total. The molecule has 1 atom stereocenters. The van der Waals surface area contributed by atoms with Crippen LogP contribution < -0.4 is 5.32 Å². The zero-order valence-corrected chi connectivity index (χ0v) is 13.0. The number of benzene rings is 2. The van der Waals surface area contributed by atoms with E-state index in [9.17, 15) is 8.78 Å². The highest BCUT2D eigenvalue weighted by Crippen LogP contribution is 2.33. The van der Waals surface area contributed by atoms with E-state index in [0.29, 0.717) is 22.2 Å². The Labute approximate surface area is 132 Å². The van der Waals surface area contributed by atoms with Crippen molar-refractivity contribution in [2.75, 3.05) is 6.54 Å². The normalized spacial score (nSPS) is 12.4. The Morgan fingerprint density at radius 2 is 1.76 bits per heavy atom. The van der Waals surface area contributed by atoms with Gasteiger partial charge in [0.05, 0.1) is 6.04 Å². The van der Waals surface area contributed by atoms with E-state index in [1.807, 2.05) is 6.92 Å². The van der Waals surface area contributed by atoms with Gasteiger partial charge in [-0.3, -0.25) is 0 Å². The fourth-order valence-corrected chi connectivity index (χ4v) is 2.70. The molecule has 2 rings (SSSR count). The molecule has 0 aliphatic carbocycles. The summed E-state index contributed by atoms with van der Waals surface area (Å²) < 4.78 is 28.2. The van der Waals surface area contributed by atoms with Crippen LogP contribution in [-0.2, 0) is 0 Å². The summed E-state index contributed by atoms with van der Waals surface area (Å²) in [4.78, 5) is 0. The molecule has 0 saturated heterocycles. The lowest BCUT2D eigenvalue weighted by Gasteiger charge is -2.22. The molecule has 1 nitrogen and oxygen atoms in total. The molecule has 0 fully saturated rings. The van der Waals surface area contributed by atoms with E-state index in [1.165, 1.54) is 18.2 Å². The first-order valence-electron chi connectivity index (χ1n) is 6.66. The Hall–Kier alpha value is -1.16. The van der Waals surface area contributed by atoms with Crippen molar-refractivity contribution in [1.82, 2.24) is 5.32 Å². The van der Waals surface area contributed by atoms with Gasteiger partial charge in [-0.1, -0.05) is 42.3 Å². The maximum atomic E-state index is 14.1. The molecule has 0 aromatic heterocycles. The minimum absolute atomic E-state index is 0.0322. The maximum Gasteiger partial charge on any atom is 0.131 e.